The molecule has 0 amide bonds. The van der Waals surface area contributed by atoms with E-state index in [4.69, 9.17) is 9.47 Å². The Morgan fingerprint density at radius 1 is 0.969 bits per heavy atom. The van der Waals surface area contributed by atoms with Crippen molar-refractivity contribution in [1.29, 1.82) is 0 Å². The number of hydrogen-bond donors (Lipinski definition) is 0. The Hall–Kier alpha value is -3.40. The summed E-state index contributed by atoms with van der Waals surface area (Å²) in [5, 5.41) is 0. The molecule has 2 heterocycles. The van der Waals surface area contributed by atoms with Crippen LogP contribution < -0.4 is 10.3 Å². The van der Waals surface area contributed by atoms with Crippen LogP contribution in [0.4, 0.5) is 0 Å². The number of nitrogens with zero attached hydrogens (tertiary/aromatic N) is 3. The SMILES string of the molecule is COc1cncn(CCc2ccc(C#Cc3ccc(CN4CCOCC4)cc3)cc2)c1=O. The third-order valence-corrected chi connectivity index (χ3v) is 5.50. The molecule has 1 aliphatic heterocycles. The predicted octanol–water partition coefficient (Wildman–Crippen LogP) is 2.73. The minimum Gasteiger partial charge on any atom is -0.490 e. The zero-order chi connectivity index (χ0) is 22.2. The Kier molecular flexibility index (Phi) is 7.34. The quantitative estimate of drug-likeness (QED) is 0.564. The monoisotopic (exact) mass is 429 g/mol. The highest BCUT2D eigenvalue weighted by atomic mass is 16.5. The third kappa shape index (κ3) is 5.85. The molecule has 0 radical (unpaired) electrons. The average Bonchev–Trinajstić information content (AvgIpc) is 2.84. The summed E-state index contributed by atoms with van der Waals surface area (Å²) in [6.45, 7) is 5.12. The van der Waals surface area contributed by atoms with E-state index in [0.717, 1.165) is 56.0 Å². The lowest BCUT2D eigenvalue weighted by molar-refractivity contribution is 0.0342. The van der Waals surface area contributed by atoms with Crippen molar-refractivity contribution in [2.24, 2.45) is 0 Å². The topological polar surface area (TPSA) is 56.6 Å². The van der Waals surface area contributed by atoms with Gasteiger partial charge in [-0.05, 0) is 41.8 Å². The summed E-state index contributed by atoms with van der Waals surface area (Å²) in [6, 6.07) is 16.6. The molecule has 1 fully saturated rings. The first-order valence-corrected chi connectivity index (χ1v) is 10.8. The largest absolute Gasteiger partial charge is 0.490 e. The first kappa shape index (κ1) is 21.8. The van der Waals surface area contributed by atoms with Gasteiger partial charge in [0, 0.05) is 37.3 Å². The Balaban J connectivity index is 1.32. The molecule has 6 heteroatoms. The molecule has 0 spiro atoms. The molecule has 164 valence electrons. The van der Waals surface area contributed by atoms with Gasteiger partial charge < -0.3 is 9.47 Å². The van der Waals surface area contributed by atoms with Crippen LogP contribution in [0.3, 0.4) is 0 Å². The van der Waals surface area contributed by atoms with E-state index >= 15 is 0 Å². The van der Waals surface area contributed by atoms with Gasteiger partial charge in [-0.25, -0.2) is 4.98 Å². The van der Waals surface area contributed by atoms with Crippen molar-refractivity contribution in [1.82, 2.24) is 14.5 Å². The van der Waals surface area contributed by atoms with Gasteiger partial charge in [-0.3, -0.25) is 14.3 Å². The number of benzene rings is 2. The number of hydrogen-bond acceptors (Lipinski definition) is 5. The first-order chi connectivity index (χ1) is 15.7. The second-order valence-corrected chi connectivity index (χ2v) is 7.74. The van der Waals surface area contributed by atoms with Crippen LogP contribution in [0.1, 0.15) is 22.3 Å². The van der Waals surface area contributed by atoms with Gasteiger partial charge in [0.25, 0.3) is 5.56 Å². The molecule has 32 heavy (non-hydrogen) atoms. The Morgan fingerprint density at radius 2 is 1.59 bits per heavy atom. The lowest BCUT2D eigenvalue weighted by atomic mass is 10.1. The van der Waals surface area contributed by atoms with Crippen LogP contribution in [0, 0.1) is 11.8 Å². The number of morpholine rings is 1. The lowest BCUT2D eigenvalue weighted by Crippen LogP contribution is -2.35. The highest BCUT2D eigenvalue weighted by molar-refractivity contribution is 5.44. The number of ether oxygens (including phenoxy) is 2. The van der Waals surface area contributed by atoms with Crippen LogP contribution >= 0.6 is 0 Å². The molecule has 4 rings (SSSR count). The smallest absolute Gasteiger partial charge is 0.295 e. The van der Waals surface area contributed by atoms with Gasteiger partial charge in [0.05, 0.1) is 32.8 Å². The molecule has 0 aliphatic carbocycles. The Morgan fingerprint density at radius 3 is 2.22 bits per heavy atom. The van der Waals surface area contributed by atoms with E-state index in [1.165, 1.54) is 25.2 Å². The summed E-state index contributed by atoms with van der Waals surface area (Å²) in [5.41, 5.74) is 4.24. The van der Waals surface area contributed by atoms with Gasteiger partial charge in [-0.1, -0.05) is 36.1 Å². The molecular formula is C26H27N3O3. The van der Waals surface area contributed by atoms with Crippen molar-refractivity contribution in [2.75, 3.05) is 33.4 Å². The zero-order valence-corrected chi connectivity index (χ0v) is 18.3. The average molecular weight is 430 g/mol. The Labute approximate surface area is 188 Å². The van der Waals surface area contributed by atoms with E-state index in [2.05, 4.69) is 46.0 Å². The summed E-state index contributed by atoms with van der Waals surface area (Å²) in [4.78, 5) is 18.6. The van der Waals surface area contributed by atoms with Crippen LogP contribution in [-0.4, -0.2) is 47.9 Å². The summed E-state index contributed by atoms with van der Waals surface area (Å²) < 4.78 is 12.0. The van der Waals surface area contributed by atoms with Crippen LogP contribution in [0.2, 0.25) is 0 Å². The number of rotatable bonds is 6. The van der Waals surface area contributed by atoms with Crippen molar-refractivity contribution in [3.63, 3.8) is 0 Å². The van der Waals surface area contributed by atoms with Crippen LogP contribution in [-0.2, 0) is 24.2 Å². The van der Waals surface area contributed by atoms with E-state index in [9.17, 15) is 4.79 Å². The summed E-state index contributed by atoms with van der Waals surface area (Å²) in [7, 11) is 1.47. The molecule has 0 bridgehead atoms. The highest BCUT2D eigenvalue weighted by Gasteiger charge is 2.10. The summed E-state index contributed by atoms with van der Waals surface area (Å²) in [5.74, 6) is 6.72. The van der Waals surface area contributed by atoms with Crippen LogP contribution in [0.5, 0.6) is 5.75 Å². The molecule has 1 aliphatic rings. The molecule has 3 aromatic rings. The molecule has 0 atom stereocenters. The van der Waals surface area contributed by atoms with Gasteiger partial charge in [0.1, 0.15) is 0 Å². The van der Waals surface area contributed by atoms with Gasteiger partial charge in [-0.15, -0.1) is 0 Å². The maximum atomic E-state index is 12.2. The molecule has 2 aromatic carbocycles. The minimum absolute atomic E-state index is 0.166. The molecule has 1 saturated heterocycles. The standard InChI is InChI=1S/C26H27N3O3/c1-31-25-18-27-20-29(26(25)30)13-12-23-6-4-21(5-7-23)2-3-22-8-10-24(11-9-22)19-28-14-16-32-17-15-28/h4-11,18,20H,12-17,19H2,1H3. The minimum atomic E-state index is -0.166. The molecular weight excluding hydrogens is 402 g/mol. The summed E-state index contributed by atoms with van der Waals surface area (Å²) >= 11 is 0. The fourth-order valence-corrected chi connectivity index (χ4v) is 3.59. The molecule has 0 saturated carbocycles. The first-order valence-electron chi connectivity index (χ1n) is 10.8. The van der Waals surface area contributed by atoms with Crippen LogP contribution in [0.15, 0.2) is 65.8 Å². The van der Waals surface area contributed by atoms with Gasteiger partial charge in [-0.2, -0.15) is 0 Å². The van der Waals surface area contributed by atoms with Crippen molar-refractivity contribution < 1.29 is 9.47 Å². The third-order valence-electron chi connectivity index (χ3n) is 5.50. The molecule has 1 aromatic heterocycles. The van der Waals surface area contributed by atoms with Crippen molar-refractivity contribution >= 4 is 0 Å². The van der Waals surface area contributed by atoms with E-state index in [-0.39, 0.29) is 11.3 Å². The number of aromatic nitrogens is 2. The lowest BCUT2D eigenvalue weighted by Gasteiger charge is -2.26. The molecule has 0 N–H and O–H groups in total. The van der Waals surface area contributed by atoms with Gasteiger partial charge >= 0.3 is 0 Å². The second-order valence-electron chi connectivity index (χ2n) is 7.74. The van der Waals surface area contributed by atoms with Gasteiger partial charge in [0.15, 0.2) is 0 Å². The molecule has 0 unspecified atom stereocenters. The predicted molar refractivity (Wildman–Crippen MR) is 124 cm³/mol. The van der Waals surface area contributed by atoms with Crippen LogP contribution in [0.25, 0.3) is 0 Å². The summed E-state index contributed by atoms with van der Waals surface area (Å²) in [6.07, 6.45) is 3.70. The number of methoxy groups -OCH3 is 1. The molecule has 6 nitrogen and oxygen atoms in total. The van der Waals surface area contributed by atoms with E-state index < -0.39 is 0 Å². The second kappa shape index (κ2) is 10.8. The fourth-order valence-electron chi connectivity index (χ4n) is 3.59. The maximum Gasteiger partial charge on any atom is 0.295 e. The number of aryl methyl sites for hydroxylation is 2. The van der Waals surface area contributed by atoms with E-state index in [0.29, 0.717) is 6.54 Å². The van der Waals surface area contributed by atoms with E-state index in [1.54, 1.807) is 4.57 Å². The zero-order valence-electron chi connectivity index (χ0n) is 18.3. The Bertz CT molecular complexity index is 1140. The normalized spacial score (nSPS) is 13.9. The maximum absolute atomic E-state index is 12.2. The van der Waals surface area contributed by atoms with E-state index in [1.807, 2.05) is 24.3 Å². The van der Waals surface area contributed by atoms with Gasteiger partial charge in [0.2, 0.25) is 5.75 Å². The fraction of sp³-hybridized carbons (Fsp3) is 0.308. The van der Waals surface area contributed by atoms with Crippen molar-refractivity contribution in [2.45, 2.75) is 19.5 Å². The van der Waals surface area contributed by atoms with Crippen molar-refractivity contribution in [3.05, 3.63) is 93.7 Å². The highest BCUT2D eigenvalue weighted by Crippen LogP contribution is 2.10. The van der Waals surface area contributed by atoms with Crippen molar-refractivity contribution in [3.8, 4) is 17.6 Å².